The number of anilines is 2. The lowest BCUT2D eigenvalue weighted by atomic mass is 10.2. The molecule has 8 heteroatoms. The molecule has 0 aliphatic rings. The molecule has 1 N–H and O–H groups in total. The van der Waals surface area contributed by atoms with E-state index in [0.717, 1.165) is 0 Å². The molecule has 150 valence electrons. The van der Waals surface area contributed by atoms with Gasteiger partial charge in [-0.1, -0.05) is 41.9 Å². The van der Waals surface area contributed by atoms with Crippen LogP contribution in [0.15, 0.2) is 77.7 Å². The van der Waals surface area contributed by atoms with Crippen LogP contribution in [0.3, 0.4) is 0 Å². The van der Waals surface area contributed by atoms with Crippen molar-refractivity contribution in [2.75, 3.05) is 16.2 Å². The summed E-state index contributed by atoms with van der Waals surface area (Å²) in [5.41, 5.74) is 0.406. The number of carbonyl (C=O) groups is 1. The summed E-state index contributed by atoms with van der Waals surface area (Å²) in [5.74, 6) is -1.32. The fourth-order valence-corrected chi connectivity index (χ4v) is 4.51. The second kappa shape index (κ2) is 8.63. The smallest absolute Gasteiger partial charge is 0.264 e. The van der Waals surface area contributed by atoms with Gasteiger partial charge in [-0.15, -0.1) is 0 Å². The number of carbonyl (C=O) groups excluding carboxylic acids is 1. The summed E-state index contributed by atoms with van der Waals surface area (Å²) in [6.07, 6.45) is 0. The average Bonchev–Trinajstić information content (AvgIpc) is 2.71. The molecule has 0 aromatic heterocycles. The van der Waals surface area contributed by atoms with Crippen LogP contribution < -0.4 is 9.62 Å². The molecule has 0 atom stereocenters. The molecule has 3 rings (SSSR count). The highest BCUT2D eigenvalue weighted by molar-refractivity contribution is 7.92. The second-order valence-electron chi connectivity index (χ2n) is 6.08. The molecule has 0 unspecified atom stereocenters. The molecule has 0 aliphatic carbocycles. The maximum Gasteiger partial charge on any atom is 0.264 e. The first-order valence-electron chi connectivity index (χ1n) is 8.78. The fraction of sp³-hybridized carbons (Fsp3) is 0.0952. The number of hydrogen-bond acceptors (Lipinski definition) is 3. The minimum absolute atomic E-state index is 0.0266. The molecule has 0 radical (unpaired) electrons. The first-order valence-corrected chi connectivity index (χ1v) is 10.6. The van der Waals surface area contributed by atoms with Gasteiger partial charge in [0.1, 0.15) is 5.82 Å². The molecule has 3 aromatic carbocycles. The van der Waals surface area contributed by atoms with E-state index in [9.17, 15) is 17.6 Å². The Hall–Kier alpha value is -2.90. The van der Waals surface area contributed by atoms with E-state index in [0.29, 0.717) is 5.69 Å². The zero-order valence-electron chi connectivity index (χ0n) is 15.5. The number of benzene rings is 3. The molecule has 0 bridgehead atoms. The van der Waals surface area contributed by atoms with Crippen LogP contribution in [0.1, 0.15) is 17.3 Å². The zero-order chi connectivity index (χ0) is 21.0. The van der Waals surface area contributed by atoms with Gasteiger partial charge in [0.15, 0.2) is 0 Å². The molecule has 0 saturated heterocycles. The molecule has 0 heterocycles. The largest absolute Gasteiger partial charge is 0.319 e. The topological polar surface area (TPSA) is 66.5 Å². The Morgan fingerprint density at radius 3 is 2.34 bits per heavy atom. The Kier molecular flexibility index (Phi) is 6.20. The number of rotatable bonds is 6. The maximum absolute atomic E-state index is 13.8. The van der Waals surface area contributed by atoms with E-state index in [1.165, 1.54) is 40.7 Å². The zero-order valence-corrected chi connectivity index (χ0v) is 17.0. The van der Waals surface area contributed by atoms with Crippen molar-refractivity contribution in [1.82, 2.24) is 0 Å². The molecule has 0 saturated carbocycles. The van der Waals surface area contributed by atoms with E-state index in [4.69, 9.17) is 11.6 Å². The highest BCUT2D eigenvalue weighted by Crippen LogP contribution is 2.27. The minimum atomic E-state index is -3.94. The van der Waals surface area contributed by atoms with E-state index in [1.54, 1.807) is 43.3 Å². The first-order chi connectivity index (χ1) is 13.8. The third kappa shape index (κ3) is 4.41. The maximum atomic E-state index is 13.8. The standard InChI is InChI=1S/C21H18ClFN2O3S/c1-2-25(15-8-4-3-5-9-15)29(27,28)16-12-13-18(22)17(14-16)21(26)24-20-11-7-6-10-19(20)23/h3-14H,2H2,1H3,(H,24,26). The molecule has 1 amide bonds. The van der Waals surface area contributed by atoms with Crippen molar-refractivity contribution in [3.8, 4) is 0 Å². The number of nitrogens with zero attached hydrogens (tertiary/aromatic N) is 1. The van der Waals surface area contributed by atoms with E-state index in [1.807, 2.05) is 0 Å². The predicted molar refractivity (Wildman–Crippen MR) is 112 cm³/mol. The van der Waals surface area contributed by atoms with Crippen molar-refractivity contribution in [3.63, 3.8) is 0 Å². The van der Waals surface area contributed by atoms with Gasteiger partial charge in [-0.3, -0.25) is 9.10 Å². The molecular weight excluding hydrogens is 415 g/mol. The van der Waals surface area contributed by atoms with E-state index < -0.39 is 21.7 Å². The molecule has 0 fully saturated rings. The Balaban J connectivity index is 1.97. The van der Waals surface area contributed by atoms with Gasteiger partial charge in [-0.05, 0) is 49.4 Å². The van der Waals surface area contributed by atoms with Gasteiger partial charge in [-0.25, -0.2) is 12.8 Å². The summed E-state index contributed by atoms with van der Waals surface area (Å²) in [6.45, 7) is 1.91. The van der Waals surface area contributed by atoms with Gasteiger partial charge in [0.05, 0.1) is 26.9 Å². The van der Waals surface area contributed by atoms with Crippen LogP contribution >= 0.6 is 11.6 Å². The Morgan fingerprint density at radius 1 is 1.03 bits per heavy atom. The Labute approximate surface area is 173 Å². The van der Waals surface area contributed by atoms with Gasteiger partial charge in [0, 0.05) is 6.54 Å². The summed E-state index contributed by atoms with van der Waals surface area (Å²) >= 11 is 6.11. The molecule has 0 spiro atoms. The molecule has 5 nitrogen and oxygen atoms in total. The minimum Gasteiger partial charge on any atom is -0.319 e. The van der Waals surface area contributed by atoms with E-state index in [2.05, 4.69) is 5.32 Å². The van der Waals surface area contributed by atoms with Gasteiger partial charge in [0.2, 0.25) is 0 Å². The lowest BCUT2D eigenvalue weighted by Gasteiger charge is -2.23. The molecule has 3 aromatic rings. The van der Waals surface area contributed by atoms with Crippen LogP contribution in [-0.2, 0) is 10.0 Å². The second-order valence-corrected chi connectivity index (χ2v) is 8.35. The lowest BCUT2D eigenvalue weighted by Crippen LogP contribution is -2.31. The van der Waals surface area contributed by atoms with Crippen LogP contribution in [0.5, 0.6) is 0 Å². The lowest BCUT2D eigenvalue weighted by molar-refractivity contribution is 0.102. The van der Waals surface area contributed by atoms with Crippen molar-refractivity contribution in [1.29, 1.82) is 0 Å². The van der Waals surface area contributed by atoms with Gasteiger partial charge < -0.3 is 5.32 Å². The number of para-hydroxylation sites is 2. The van der Waals surface area contributed by atoms with Crippen LogP contribution in [0.4, 0.5) is 15.8 Å². The van der Waals surface area contributed by atoms with Crippen molar-refractivity contribution in [2.24, 2.45) is 0 Å². The van der Waals surface area contributed by atoms with Crippen molar-refractivity contribution >= 4 is 38.9 Å². The summed E-state index contributed by atoms with van der Waals surface area (Å²) < 4.78 is 41.4. The number of nitrogens with one attached hydrogen (secondary N) is 1. The first kappa shape index (κ1) is 20.8. The summed E-state index contributed by atoms with van der Waals surface area (Å²) in [4.78, 5) is 12.5. The van der Waals surface area contributed by atoms with Gasteiger partial charge in [0.25, 0.3) is 15.9 Å². The Bertz CT molecular complexity index is 1140. The third-order valence-corrected chi connectivity index (χ3v) is 6.45. The molecule has 29 heavy (non-hydrogen) atoms. The normalized spacial score (nSPS) is 11.1. The highest BCUT2D eigenvalue weighted by atomic mass is 35.5. The van der Waals surface area contributed by atoms with Crippen LogP contribution in [0.2, 0.25) is 5.02 Å². The highest BCUT2D eigenvalue weighted by Gasteiger charge is 2.25. The third-order valence-electron chi connectivity index (χ3n) is 4.22. The van der Waals surface area contributed by atoms with Crippen molar-refractivity contribution < 1.29 is 17.6 Å². The fourth-order valence-electron chi connectivity index (χ4n) is 2.80. The summed E-state index contributed by atoms with van der Waals surface area (Å²) in [5, 5.41) is 2.47. The number of hydrogen-bond donors (Lipinski definition) is 1. The van der Waals surface area contributed by atoms with Crippen molar-refractivity contribution in [2.45, 2.75) is 11.8 Å². The van der Waals surface area contributed by atoms with Crippen LogP contribution in [-0.4, -0.2) is 20.9 Å². The summed E-state index contributed by atoms with van der Waals surface area (Å²) in [7, 11) is -3.94. The number of halogens is 2. The number of amides is 1. The SMILES string of the molecule is CCN(c1ccccc1)S(=O)(=O)c1ccc(Cl)c(C(=O)Nc2ccccc2F)c1. The summed E-state index contributed by atoms with van der Waals surface area (Å²) in [6, 6.07) is 18.2. The monoisotopic (exact) mass is 432 g/mol. The predicted octanol–water partition coefficient (Wildman–Crippen LogP) is 4.95. The van der Waals surface area contributed by atoms with Crippen LogP contribution in [0.25, 0.3) is 0 Å². The van der Waals surface area contributed by atoms with Gasteiger partial charge in [-0.2, -0.15) is 0 Å². The average molecular weight is 433 g/mol. The van der Waals surface area contributed by atoms with E-state index in [-0.39, 0.29) is 27.7 Å². The molecular formula is C21H18ClFN2O3S. The van der Waals surface area contributed by atoms with Crippen molar-refractivity contribution in [3.05, 3.63) is 89.2 Å². The van der Waals surface area contributed by atoms with E-state index >= 15 is 0 Å². The van der Waals surface area contributed by atoms with Gasteiger partial charge >= 0.3 is 0 Å². The quantitative estimate of drug-likeness (QED) is 0.599. The number of sulfonamides is 1. The van der Waals surface area contributed by atoms with Crippen LogP contribution in [0, 0.1) is 5.82 Å². The Morgan fingerprint density at radius 2 is 1.69 bits per heavy atom. The molecule has 0 aliphatic heterocycles.